The fraction of sp³-hybridized carbons (Fsp3) is 0.786. The molecule has 1 fully saturated rings. The topological polar surface area (TPSA) is 68.3 Å². The molecule has 0 bridgehead atoms. The van der Waals surface area contributed by atoms with Gasteiger partial charge in [-0.2, -0.15) is 5.10 Å². The average Bonchev–Trinajstić information content (AvgIpc) is 2.72. The molecule has 0 saturated carbocycles. The molecule has 1 unspecified atom stereocenters. The van der Waals surface area contributed by atoms with Crippen molar-refractivity contribution >= 4 is 11.5 Å². The highest BCUT2D eigenvalue weighted by atomic mass is 16.5. The number of ether oxygens (including phenoxy) is 1. The van der Waals surface area contributed by atoms with Crippen molar-refractivity contribution in [3.63, 3.8) is 0 Å². The lowest BCUT2D eigenvalue weighted by atomic mass is 10.1. The second kappa shape index (κ2) is 6.45. The molecule has 1 aliphatic heterocycles. The van der Waals surface area contributed by atoms with Crippen LogP contribution >= 0.6 is 0 Å². The van der Waals surface area contributed by atoms with E-state index in [1.807, 2.05) is 11.7 Å². The highest BCUT2D eigenvalue weighted by molar-refractivity contribution is 5.65. The van der Waals surface area contributed by atoms with Crippen LogP contribution in [-0.2, 0) is 11.8 Å². The Morgan fingerprint density at radius 2 is 2.25 bits per heavy atom. The van der Waals surface area contributed by atoms with E-state index in [1.165, 1.54) is 0 Å². The van der Waals surface area contributed by atoms with E-state index in [-0.39, 0.29) is 6.10 Å². The van der Waals surface area contributed by atoms with Crippen molar-refractivity contribution in [2.75, 3.05) is 43.8 Å². The minimum absolute atomic E-state index is 0.209. The summed E-state index contributed by atoms with van der Waals surface area (Å²) in [6.07, 6.45) is 0.209. The van der Waals surface area contributed by atoms with Crippen molar-refractivity contribution < 1.29 is 4.74 Å². The Morgan fingerprint density at radius 1 is 1.50 bits per heavy atom. The van der Waals surface area contributed by atoms with Crippen molar-refractivity contribution in [3.05, 3.63) is 5.69 Å². The summed E-state index contributed by atoms with van der Waals surface area (Å²) in [5, 5.41) is 7.88. The first-order chi connectivity index (χ1) is 9.52. The fourth-order valence-corrected chi connectivity index (χ4v) is 2.60. The van der Waals surface area contributed by atoms with Crippen LogP contribution < -0.4 is 11.1 Å². The normalized spacial score (nSPS) is 20.6. The lowest BCUT2D eigenvalue weighted by molar-refractivity contribution is -0.0192. The van der Waals surface area contributed by atoms with Gasteiger partial charge in [0, 0.05) is 26.7 Å². The highest BCUT2D eigenvalue weighted by Crippen LogP contribution is 2.27. The Kier molecular flexibility index (Phi) is 4.88. The Balaban J connectivity index is 1.97. The molecule has 0 spiro atoms. The number of likely N-dealkylation sites (N-methyl/N-ethyl adjacent to an activating group) is 1. The van der Waals surface area contributed by atoms with Crippen molar-refractivity contribution in [2.24, 2.45) is 7.05 Å². The third-order valence-electron chi connectivity index (χ3n) is 3.83. The zero-order valence-corrected chi connectivity index (χ0v) is 13.0. The summed E-state index contributed by atoms with van der Waals surface area (Å²) in [4.78, 5) is 2.40. The van der Waals surface area contributed by atoms with Crippen molar-refractivity contribution in [1.82, 2.24) is 14.7 Å². The average molecular weight is 281 g/mol. The number of rotatable bonds is 5. The maximum Gasteiger partial charge on any atom is 0.147 e. The molecule has 3 N–H and O–H groups in total. The van der Waals surface area contributed by atoms with Gasteiger partial charge in [0.05, 0.1) is 24.1 Å². The molecular formula is C14H27N5O. The zero-order chi connectivity index (χ0) is 14.7. The van der Waals surface area contributed by atoms with E-state index < -0.39 is 0 Å². The van der Waals surface area contributed by atoms with Gasteiger partial charge in [-0.05, 0) is 12.5 Å². The summed E-state index contributed by atoms with van der Waals surface area (Å²) in [6.45, 7) is 11.0. The molecule has 2 heterocycles. The fourth-order valence-electron chi connectivity index (χ4n) is 2.60. The van der Waals surface area contributed by atoms with Crippen LogP contribution in [0, 0.1) is 0 Å². The molecule has 1 saturated heterocycles. The molecule has 1 aliphatic rings. The third kappa shape index (κ3) is 3.24. The summed E-state index contributed by atoms with van der Waals surface area (Å²) >= 11 is 0. The van der Waals surface area contributed by atoms with Gasteiger partial charge in [-0.15, -0.1) is 0 Å². The van der Waals surface area contributed by atoms with Gasteiger partial charge >= 0.3 is 0 Å². The summed E-state index contributed by atoms with van der Waals surface area (Å²) in [6, 6.07) is 0. The lowest BCUT2D eigenvalue weighted by Crippen LogP contribution is -2.45. The predicted molar refractivity (Wildman–Crippen MR) is 82.1 cm³/mol. The summed E-state index contributed by atoms with van der Waals surface area (Å²) in [5.74, 6) is 1.23. The number of hydrogen-bond donors (Lipinski definition) is 2. The Hall–Kier alpha value is -1.27. The molecule has 0 aliphatic carbocycles. The first-order valence-electron chi connectivity index (χ1n) is 7.43. The second-order valence-electron chi connectivity index (χ2n) is 5.69. The minimum Gasteiger partial charge on any atom is -0.394 e. The van der Waals surface area contributed by atoms with Crippen molar-refractivity contribution in [2.45, 2.75) is 32.8 Å². The summed E-state index contributed by atoms with van der Waals surface area (Å²) in [5.41, 5.74) is 7.89. The monoisotopic (exact) mass is 281 g/mol. The molecule has 20 heavy (non-hydrogen) atoms. The lowest BCUT2D eigenvalue weighted by Gasteiger charge is -2.32. The molecule has 6 nitrogen and oxygen atoms in total. The van der Waals surface area contributed by atoms with E-state index in [0.29, 0.717) is 5.92 Å². The molecule has 2 rings (SSSR count). The molecule has 0 radical (unpaired) electrons. The molecule has 1 atom stereocenters. The van der Waals surface area contributed by atoms with Gasteiger partial charge in [-0.25, -0.2) is 0 Å². The van der Waals surface area contributed by atoms with Gasteiger partial charge in [-0.1, -0.05) is 20.8 Å². The Morgan fingerprint density at radius 3 is 2.85 bits per heavy atom. The second-order valence-corrected chi connectivity index (χ2v) is 5.69. The number of morpholine rings is 1. The number of nitrogens with one attached hydrogen (secondary N) is 1. The van der Waals surface area contributed by atoms with E-state index >= 15 is 0 Å². The highest BCUT2D eigenvalue weighted by Gasteiger charge is 2.21. The van der Waals surface area contributed by atoms with E-state index in [2.05, 4.69) is 36.1 Å². The zero-order valence-electron chi connectivity index (χ0n) is 13.0. The van der Waals surface area contributed by atoms with E-state index in [1.54, 1.807) is 0 Å². The van der Waals surface area contributed by atoms with Gasteiger partial charge in [0.15, 0.2) is 0 Å². The quantitative estimate of drug-likeness (QED) is 0.850. The van der Waals surface area contributed by atoms with Crippen LogP contribution in [0.1, 0.15) is 32.4 Å². The molecule has 1 aromatic heterocycles. The number of hydrogen-bond acceptors (Lipinski definition) is 5. The number of nitrogens with zero attached hydrogens (tertiary/aromatic N) is 3. The van der Waals surface area contributed by atoms with Crippen molar-refractivity contribution in [1.29, 1.82) is 0 Å². The number of aromatic nitrogens is 2. The number of nitrogen functional groups attached to an aromatic ring is 1. The first-order valence-corrected chi connectivity index (χ1v) is 7.43. The summed E-state index contributed by atoms with van der Waals surface area (Å²) in [7, 11) is 1.92. The molecule has 1 aromatic rings. The van der Waals surface area contributed by atoms with E-state index in [9.17, 15) is 0 Å². The van der Waals surface area contributed by atoms with Crippen LogP contribution in [0.25, 0.3) is 0 Å². The Bertz CT molecular complexity index is 443. The standard InChI is InChI=1S/C14H27N5O/c1-5-19-6-7-20-11(9-19)8-16-14-12(15)13(10(2)3)17-18(14)4/h10-11,16H,5-9,15H2,1-4H3. The van der Waals surface area contributed by atoms with E-state index in [4.69, 9.17) is 10.5 Å². The van der Waals surface area contributed by atoms with Crippen LogP contribution in [0.3, 0.4) is 0 Å². The minimum atomic E-state index is 0.209. The van der Waals surface area contributed by atoms with Gasteiger partial charge in [-0.3, -0.25) is 9.58 Å². The largest absolute Gasteiger partial charge is 0.394 e. The molecule has 0 aromatic carbocycles. The maximum atomic E-state index is 6.18. The van der Waals surface area contributed by atoms with Crippen LogP contribution in [0.2, 0.25) is 0 Å². The molecule has 114 valence electrons. The van der Waals surface area contributed by atoms with Gasteiger partial charge < -0.3 is 15.8 Å². The maximum absolute atomic E-state index is 6.18. The van der Waals surface area contributed by atoms with Gasteiger partial charge in [0.25, 0.3) is 0 Å². The number of aryl methyl sites for hydroxylation is 1. The first kappa shape index (κ1) is 15.1. The van der Waals surface area contributed by atoms with Crippen LogP contribution in [-0.4, -0.2) is 53.6 Å². The van der Waals surface area contributed by atoms with Gasteiger partial charge in [0.1, 0.15) is 5.82 Å². The predicted octanol–water partition coefficient (Wildman–Crippen LogP) is 1.26. The smallest absolute Gasteiger partial charge is 0.147 e. The molecule has 6 heteroatoms. The van der Waals surface area contributed by atoms with E-state index in [0.717, 1.165) is 50.0 Å². The number of anilines is 2. The third-order valence-corrected chi connectivity index (χ3v) is 3.83. The van der Waals surface area contributed by atoms with Crippen LogP contribution in [0.15, 0.2) is 0 Å². The number of nitrogens with two attached hydrogens (primary N) is 1. The SMILES string of the molecule is CCN1CCOC(CNc2c(N)c(C(C)C)nn2C)C1. The molecular weight excluding hydrogens is 254 g/mol. The van der Waals surface area contributed by atoms with Crippen LogP contribution in [0.4, 0.5) is 11.5 Å². The van der Waals surface area contributed by atoms with Crippen LogP contribution in [0.5, 0.6) is 0 Å². The van der Waals surface area contributed by atoms with Gasteiger partial charge in [0.2, 0.25) is 0 Å². The molecule has 0 amide bonds. The Labute approximate surface area is 121 Å². The summed E-state index contributed by atoms with van der Waals surface area (Å²) < 4.78 is 7.62. The van der Waals surface area contributed by atoms with Crippen molar-refractivity contribution in [3.8, 4) is 0 Å².